The molecule has 4 aromatic rings. The van der Waals surface area contributed by atoms with Crippen LogP contribution in [0.2, 0.25) is 0 Å². The molecule has 0 aliphatic heterocycles. The van der Waals surface area contributed by atoms with Crippen molar-refractivity contribution in [3.8, 4) is 28.9 Å². The molecule has 0 saturated heterocycles. The Morgan fingerprint density at radius 3 is 2.48 bits per heavy atom. The van der Waals surface area contributed by atoms with Gasteiger partial charge in [0.1, 0.15) is 5.52 Å². The zero-order valence-electron chi connectivity index (χ0n) is 16.0. The normalized spacial score (nSPS) is 11.3. The van der Waals surface area contributed by atoms with Crippen molar-refractivity contribution in [1.29, 1.82) is 5.26 Å². The molecule has 0 atom stereocenters. The number of nitriles is 1. The van der Waals surface area contributed by atoms with Crippen molar-refractivity contribution < 1.29 is 14.0 Å². The van der Waals surface area contributed by atoms with Gasteiger partial charge in [0.2, 0.25) is 0 Å². The maximum atomic E-state index is 9.72. The Hall–Kier alpha value is -4.04. The molecular formula is C24H18N2O3. The molecular weight excluding hydrogens is 364 g/mol. The Morgan fingerprint density at radius 2 is 1.76 bits per heavy atom. The standard InChI is InChI=1S/C24H18N2O3/c1-27-22-11-9-18(14-23(22)28-2)19(15-25)12-16-8-10-21-20(13-16)24(29-26-21)17-6-4-3-5-7-17/h3-14H,1-2H3. The Balaban J connectivity index is 1.78. The molecule has 4 rings (SSSR count). The molecule has 0 N–H and O–H groups in total. The van der Waals surface area contributed by atoms with Crippen molar-refractivity contribution in [3.05, 3.63) is 77.9 Å². The summed E-state index contributed by atoms with van der Waals surface area (Å²) in [7, 11) is 3.15. The van der Waals surface area contributed by atoms with E-state index in [-0.39, 0.29) is 0 Å². The average molecular weight is 382 g/mol. The topological polar surface area (TPSA) is 68.3 Å². The van der Waals surface area contributed by atoms with Crippen LogP contribution in [0.3, 0.4) is 0 Å². The fourth-order valence-corrected chi connectivity index (χ4v) is 3.20. The monoisotopic (exact) mass is 382 g/mol. The lowest BCUT2D eigenvalue weighted by atomic mass is 10.0. The van der Waals surface area contributed by atoms with E-state index in [4.69, 9.17) is 14.0 Å². The smallest absolute Gasteiger partial charge is 0.174 e. The molecule has 0 fully saturated rings. The van der Waals surface area contributed by atoms with E-state index >= 15 is 0 Å². The molecule has 1 heterocycles. The van der Waals surface area contributed by atoms with Gasteiger partial charge in [0.15, 0.2) is 17.3 Å². The minimum Gasteiger partial charge on any atom is -0.493 e. The first-order valence-corrected chi connectivity index (χ1v) is 9.02. The van der Waals surface area contributed by atoms with Crippen LogP contribution in [-0.2, 0) is 0 Å². The molecule has 0 spiro atoms. The van der Waals surface area contributed by atoms with Gasteiger partial charge in [-0.25, -0.2) is 0 Å². The number of hydrogen-bond donors (Lipinski definition) is 0. The van der Waals surface area contributed by atoms with E-state index in [1.165, 1.54) is 0 Å². The summed E-state index contributed by atoms with van der Waals surface area (Å²) in [5.41, 5.74) is 3.87. The number of rotatable bonds is 5. The molecule has 0 bridgehead atoms. The van der Waals surface area contributed by atoms with Crippen molar-refractivity contribution >= 4 is 22.6 Å². The van der Waals surface area contributed by atoms with Gasteiger partial charge in [-0.15, -0.1) is 0 Å². The van der Waals surface area contributed by atoms with E-state index in [1.807, 2.05) is 60.7 Å². The highest BCUT2D eigenvalue weighted by Gasteiger charge is 2.12. The highest BCUT2D eigenvalue weighted by Crippen LogP contribution is 2.32. The van der Waals surface area contributed by atoms with E-state index in [1.54, 1.807) is 26.4 Å². The van der Waals surface area contributed by atoms with Gasteiger partial charge in [-0.3, -0.25) is 0 Å². The molecule has 0 unspecified atom stereocenters. The lowest BCUT2D eigenvalue weighted by Crippen LogP contribution is -1.92. The van der Waals surface area contributed by atoms with E-state index in [9.17, 15) is 5.26 Å². The van der Waals surface area contributed by atoms with Crippen LogP contribution in [-0.4, -0.2) is 19.4 Å². The minimum absolute atomic E-state index is 0.517. The molecule has 0 aliphatic rings. The van der Waals surface area contributed by atoms with Gasteiger partial charge in [-0.05, 0) is 47.5 Å². The van der Waals surface area contributed by atoms with Gasteiger partial charge in [0, 0.05) is 5.56 Å². The van der Waals surface area contributed by atoms with Crippen LogP contribution in [0.1, 0.15) is 11.1 Å². The van der Waals surface area contributed by atoms with Crippen LogP contribution in [0, 0.1) is 11.3 Å². The first-order chi connectivity index (χ1) is 14.2. The maximum Gasteiger partial charge on any atom is 0.174 e. The summed E-state index contributed by atoms with van der Waals surface area (Å²) in [6, 6.07) is 23.3. The lowest BCUT2D eigenvalue weighted by molar-refractivity contribution is 0.355. The Labute approximate surface area is 168 Å². The third-order valence-electron chi connectivity index (χ3n) is 4.66. The number of ether oxygens (including phenoxy) is 2. The molecule has 0 saturated carbocycles. The maximum absolute atomic E-state index is 9.72. The van der Waals surface area contributed by atoms with E-state index in [0.29, 0.717) is 22.8 Å². The molecule has 1 aromatic heterocycles. The summed E-state index contributed by atoms with van der Waals surface area (Å²) in [5.74, 6) is 1.90. The molecule has 0 aliphatic carbocycles. The summed E-state index contributed by atoms with van der Waals surface area (Å²) < 4.78 is 16.2. The van der Waals surface area contributed by atoms with E-state index in [0.717, 1.165) is 27.6 Å². The van der Waals surface area contributed by atoms with Crippen LogP contribution in [0.15, 0.2) is 71.3 Å². The van der Waals surface area contributed by atoms with E-state index in [2.05, 4.69) is 11.2 Å². The van der Waals surface area contributed by atoms with Gasteiger partial charge in [0.25, 0.3) is 0 Å². The third-order valence-corrected chi connectivity index (χ3v) is 4.66. The van der Waals surface area contributed by atoms with Crippen molar-refractivity contribution in [2.24, 2.45) is 0 Å². The quantitative estimate of drug-likeness (QED) is 0.333. The van der Waals surface area contributed by atoms with Crippen molar-refractivity contribution in [1.82, 2.24) is 5.16 Å². The van der Waals surface area contributed by atoms with Gasteiger partial charge in [-0.1, -0.05) is 41.6 Å². The van der Waals surface area contributed by atoms with Gasteiger partial charge >= 0.3 is 0 Å². The van der Waals surface area contributed by atoms with Crippen LogP contribution >= 0.6 is 0 Å². The first kappa shape index (κ1) is 18.3. The zero-order valence-corrected chi connectivity index (χ0v) is 16.0. The van der Waals surface area contributed by atoms with Crippen LogP contribution < -0.4 is 9.47 Å². The van der Waals surface area contributed by atoms with Crippen molar-refractivity contribution in [3.63, 3.8) is 0 Å². The molecule has 0 radical (unpaired) electrons. The Bertz CT molecular complexity index is 1230. The number of fused-ring (bicyclic) bond motifs is 1. The minimum atomic E-state index is 0.517. The molecule has 142 valence electrons. The number of nitrogens with zero attached hydrogens (tertiary/aromatic N) is 2. The number of allylic oxidation sites excluding steroid dienone is 1. The molecule has 3 aromatic carbocycles. The summed E-state index contributed by atoms with van der Waals surface area (Å²) in [6.07, 6.45) is 1.84. The van der Waals surface area contributed by atoms with Crippen molar-refractivity contribution in [2.45, 2.75) is 0 Å². The van der Waals surface area contributed by atoms with Crippen LogP contribution in [0.5, 0.6) is 11.5 Å². The Kier molecular flexibility index (Phi) is 5.00. The van der Waals surface area contributed by atoms with Crippen molar-refractivity contribution in [2.75, 3.05) is 14.2 Å². The third kappa shape index (κ3) is 3.56. The lowest BCUT2D eigenvalue weighted by Gasteiger charge is -2.09. The predicted octanol–water partition coefficient (Wildman–Crippen LogP) is 5.58. The van der Waals surface area contributed by atoms with Crippen LogP contribution in [0.4, 0.5) is 0 Å². The second kappa shape index (κ2) is 7.91. The Morgan fingerprint density at radius 1 is 0.966 bits per heavy atom. The summed E-state index contributed by atoms with van der Waals surface area (Å²) in [6.45, 7) is 0. The number of methoxy groups -OCH3 is 2. The SMILES string of the molecule is COc1ccc(C(C#N)=Cc2ccc3noc(-c4ccccc4)c3c2)cc1OC. The number of benzene rings is 3. The molecule has 0 amide bonds. The van der Waals surface area contributed by atoms with Gasteiger partial charge < -0.3 is 14.0 Å². The second-order valence-corrected chi connectivity index (χ2v) is 6.39. The predicted molar refractivity (Wildman–Crippen MR) is 112 cm³/mol. The zero-order chi connectivity index (χ0) is 20.2. The fraction of sp³-hybridized carbons (Fsp3) is 0.0833. The molecule has 5 nitrogen and oxygen atoms in total. The first-order valence-electron chi connectivity index (χ1n) is 9.02. The molecule has 29 heavy (non-hydrogen) atoms. The highest BCUT2D eigenvalue weighted by molar-refractivity contribution is 5.96. The summed E-state index contributed by atoms with van der Waals surface area (Å²) in [5, 5.41) is 14.8. The summed E-state index contributed by atoms with van der Waals surface area (Å²) >= 11 is 0. The molecule has 5 heteroatoms. The fourth-order valence-electron chi connectivity index (χ4n) is 3.20. The second-order valence-electron chi connectivity index (χ2n) is 6.39. The largest absolute Gasteiger partial charge is 0.493 e. The average Bonchev–Trinajstić information content (AvgIpc) is 3.20. The van der Waals surface area contributed by atoms with Gasteiger partial charge in [0.05, 0.1) is 31.2 Å². The highest BCUT2D eigenvalue weighted by atomic mass is 16.5. The number of hydrogen-bond acceptors (Lipinski definition) is 5. The number of aromatic nitrogens is 1. The van der Waals surface area contributed by atoms with Gasteiger partial charge in [-0.2, -0.15) is 5.26 Å². The van der Waals surface area contributed by atoms with E-state index < -0.39 is 0 Å². The van der Waals surface area contributed by atoms with Crippen LogP contribution in [0.25, 0.3) is 33.9 Å². The summed E-state index contributed by atoms with van der Waals surface area (Å²) in [4.78, 5) is 0.